The average molecular weight is 417 g/mol. The molecule has 158 valence electrons. The van der Waals surface area contributed by atoms with Crippen molar-refractivity contribution < 1.29 is 9.47 Å². The van der Waals surface area contributed by atoms with Crippen molar-refractivity contribution >= 4 is 17.3 Å². The molecule has 1 aliphatic heterocycles. The molecule has 1 aromatic heterocycles. The maximum atomic E-state index is 5.47. The molecule has 0 unspecified atom stereocenters. The van der Waals surface area contributed by atoms with Crippen LogP contribution in [0.3, 0.4) is 0 Å². The van der Waals surface area contributed by atoms with Crippen molar-refractivity contribution in [1.29, 1.82) is 0 Å². The fourth-order valence-electron chi connectivity index (χ4n) is 3.61. The van der Waals surface area contributed by atoms with Gasteiger partial charge in [-0.15, -0.1) is 11.3 Å². The summed E-state index contributed by atoms with van der Waals surface area (Å²) in [5.74, 6) is 3.11. The lowest BCUT2D eigenvalue weighted by molar-refractivity contribution is 0.179. The molecule has 3 rings (SSSR count). The third-order valence-corrected chi connectivity index (χ3v) is 6.25. The Bertz CT molecular complexity index is 771. The maximum absolute atomic E-state index is 5.47. The van der Waals surface area contributed by atoms with E-state index in [0.717, 1.165) is 36.1 Å². The number of guanidine groups is 1. The first-order chi connectivity index (χ1) is 14.2. The van der Waals surface area contributed by atoms with Crippen molar-refractivity contribution in [3.63, 3.8) is 0 Å². The Labute approximate surface area is 177 Å². The average Bonchev–Trinajstić information content (AvgIpc) is 3.28. The zero-order valence-corrected chi connectivity index (χ0v) is 18.4. The number of rotatable bonds is 8. The molecule has 7 heteroatoms. The van der Waals surface area contributed by atoms with Crippen molar-refractivity contribution in [2.24, 2.45) is 10.9 Å². The van der Waals surface area contributed by atoms with Crippen LogP contribution in [-0.2, 0) is 13.1 Å². The predicted octanol–water partition coefficient (Wildman–Crippen LogP) is 3.34. The summed E-state index contributed by atoms with van der Waals surface area (Å²) < 4.78 is 10.7. The molecule has 29 heavy (non-hydrogen) atoms. The van der Waals surface area contributed by atoms with Gasteiger partial charge in [0.25, 0.3) is 0 Å². The molecular weight excluding hydrogens is 384 g/mol. The minimum atomic E-state index is 0.645. The van der Waals surface area contributed by atoms with E-state index < -0.39 is 0 Å². The van der Waals surface area contributed by atoms with Gasteiger partial charge in [-0.1, -0.05) is 6.07 Å². The van der Waals surface area contributed by atoms with Crippen molar-refractivity contribution in [1.82, 2.24) is 15.5 Å². The molecule has 1 saturated heterocycles. The topological polar surface area (TPSA) is 58.1 Å². The normalized spacial score (nSPS) is 15.9. The Morgan fingerprint density at radius 2 is 2.00 bits per heavy atom. The number of aliphatic imine (C=N–C) groups is 1. The highest BCUT2D eigenvalue weighted by molar-refractivity contribution is 7.09. The SMILES string of the molecule is CN=C(NCc1ccc(OC)cc1OC)NCC1CCN(Cc2cccs2)CC1. The molecule has 1 fully saturated rings. The molecule has 6 nitrogen and oxygen atoms in total. The summed E-state index contributed by atoms with van der Waals surface area (Å²) in [6, 6.07) is 10.2. The van der Waals surface area contributed by atoms with Crippen LogP contribution in [0.1, 0.15) is 23.3 Å². The predicted molar refractivity (Wildman–Crippen MR) is 120 cm³/mol. The van der Waals surface area contributed by atoms with Crippen LogP contribution in [-0.4, -0.2) is 51.8 Å². The number of piperidine rings is 1. The summed E-state index contributed by atoms with van der Waals surface area (Å²) in [6.45, 7) is 5.02. The molecular formula is C22H32N4O2S. The minimum absolute atomic E-state index is 0.645. The van der Waals surface area contributed by atoms with Crippen molar-refractivity contribution in [2.45, 2.75) is 25.9 Å². The van der Waals surface area contributed by atoms with E-state index in [4.69, 9.17) is 9.47 Å². The Hall–Kier alpha value is -2.25. The molecule has 2 heterocycles. The summed E-state index contributed by atoms with van der Waals surface area (Å²) in [5.41, 5.74) is 1.07. The smallest absolute Gasteiger partial charge is 0.191 e. The molecule has 2 N–H and O–H groups in total. The Morgan fingerprint density at radius 3 is 2.66 bits per heavy atom. The van der Waals surface area contributed by atoms with Crippen LogP contribution in [0, 0.1) is 5.92 Å². The largest absolute Gasteiger partial charge is 0.497 e. The third-order valence-electron chi connectivity index (χ3n) is 5.39. The lowest BCUT2D eigenvalue weighted by atomic mass is 9.97. The molecule has 0 amide bonds. The lowest BCUT2D eigenvalue weighted by Gasteiger charge is -2.32. The second-order valence-electron chi connectivity index (χ2n) is 7.28. The number of hydrogen-bond donors (Lipinski definition) is 2. The van der Waals surface area contributed by atoms with E-state index in [9.17, 15) is 0 Å². The van der Waals surface area contributed by atoms with Gasteiger partial charge in [-0.25, -0.2) is 0 Å². The van der Waals surface area contributed by atoms with E-state index >= 15 is 0 Å². The second-order valence-corrected chi connectivity index (χ2v) is 8.32. The first kappa shape index (κ1) is 21.5. The van der Waals surface area contributed by atoms with Crippen LogP contribution in [0.5, 0.6) is 11.5 Å². The van der Waals surface area contributed by atoms with Crippen LogP contribution in [0.15, 0.2) is 40.7 Å². The van der Waals surface area contributed by atoms with Gasteiger partial charge in [0.2, 0.25) is 0 Å². The number of nitrogens with zero attached hydrogens (tertiary/aromatic N) is 2. The highest BCUT2D eigenvalue weighted by atomic mass is 32.1. The van der Waals surface area contributed by atoms with Gasteiger partial charge in [0.05, 0.1) is 14.2 Å². The summed E-state index contributed by atoms with van der Waals surface area (Å²) in [4.78, 5) is 8.38. The van der Waals surface area contributed by atoms with Gasteiger partial charge in [-0.2, -0.15) is 0 Å². The first-order valence-electron chi connectivity index (χ1n) is 10.1. The van der Waals surface area contributed by atoms with Crippen LogP contribution in [0.25, 0.3) is 0 Å². The van der Waals surface area contributed by atoms with Crippen molar-refractivity contribution in [3.8, 4) is 11.5 Å². The van der Waals surface area contributed by atoms with Crippen molar-refractivity contribution in [2.75, 3.05) is 40.9 Å². The van der Waals surface area contributed by atoms with Crippen LogP contribution < -0.4 is 20.1 Å². The number of hydrogen-bond acceptors (Lipinski definition) is 5. The van der Waals surface area contributed by atoms with E-state index in [1.165, 1.54) is 30.8 Å². The standard InChI is InChI=1S/C22H32N4O2S/c1-23-22(25-15-18-6-7-19(27-2)13-21(18)28-3)24-14-17-8-10-26(11-9-17)16-20-5-4-12-29-20/h4-7,12-13,17H,8-11,14-16H2,1-3H3,(H2,23,24,25). The quantitative estimate of drug-likeness (QED) is 0.511. The Morgan fingerprint density at radius 1 is 1.17 bits per heavy atom. The zero-order valence-electron chi connectivity index (χ0n) is 17.6. The molecule has 1 aliphatic rings. The summed E-state index contributed by atoms with van der Waals surface area (Å²) >= 11 is 1.85. The number of nitrogens with one attached hydrogen (secondary N) is 2. The highest BCUT2D eigenvalue weighted by Crippen LogP contribution is 2.24. The third kappa shape index (κ3) is 6.37. The van der Waals surface area contributed by atoms with Gasteiger partial charge in [0, 0.05) is 43.2 Å². The first-order valence-corrected chi connectivity index (χ1v) is 11.0. The number of likely N-dealkylation sites (tertiary alicyclic amines) is 1. The van der Waals surface area contributed by atoms with Gasteiger partial charge in [0.1, 0.15) is 11.5 Å². The van der Waals surface area contributed by atoms with E-state index in [1.54, 1.807) is 14.2 Å². The summed E-state index contributed by atoms with van der Waals surface area (Å²) in [7, 11) is 5.14. The Kier molecular flexibility index (Phi) is 8.19. The van der Waals surface area contributed by atoms with E-state index in [1.807, 2.05) is 36.6 Å². The van der Waals surface area contributed by atoms with Crippen LogP contribution in [0.2, 0.25) is 0 Å². The fourth-order valence-corrected chi connectivity index (χ4v) is 4.36. The fraction of sp³-hybridized carbons (Fsp3) is 0.500. The van der Waals surface area contributed by atoms with Gasteiger partial charge in [-0.05, 0) is 55.4 Å². The van der Waals surface area contributed by atoms with Gasteiger partial charge in [-0.3, -0.25) is 9.89 Å². The number of benzene rings is 1. The highest BCUT2D eigenvalue weighted by Gasteiger charge is 2.19. The lowest BCUT2D eigenvalue weighted by Crippen LogP contribution is -2.42. The Balaban J connectivity index is 1.41. The molecule has 2 aromatic rings. The van der Waals surface area contributed by atoms with Gasteiger partial charge >= 0.3 is 0 Å². The molecule has 0 bridgehead atoms. The van der Waals surface area contributed by atoms with Crippen LogP contribution >= 0.6 is 11.3 Å². The number of ether oxygens (including phenoxy) is 2. The summed E-state index contributed by atoms with van der Waals surface area (Å²) in [5, 5.41) is 9.03. The molecule has 0 saturated carbocycles. The molecule has 0 aliphatic carbocycles. The van der Waals surface area contributed by atoms with E-state index in [-0.39, 0.29) is 0 Å². The summed E-state index contributed by atoms with van der Waals surface area (Å²) in [6.07, 6.45) is 2.45. The maximum Gasteiger partial charge on any atom is 0.191 e. The molecule has 0 atom stereocenters. The molecule has 0 spiro atoms. The van der Waals surface area contributed by atoms with E-state index in [2.05, 4.69) is 38.0 Å². The number of thiophene rings is 1. The minimum Gasteiger partial charge on any atom is -0.497 e. The van der Waals surface area contributed by atoms with Gasteiger partial charge < -0.3 is 20.1 Å². The van der Waals surface area contributed by atoms with Crippen LogP contribution in [0.4, 0.5) is 0 Å². The zero-order chi connectivity index (χ0) is 20.5. The molecule has 0 radical (unpaired) electrons. The van der Waals surface area contributed by atoms with Crippen molar-refractivity contribution in [3.05, 3.63) is 46.2 Å². The number of methoxy groups -OCH3 is 2. The van der Waals surface area contributed by atoms with E-state index in [0.29, 0.717) is 12.5 Å². The molecule has 1 aromatic carbocycles. The second kappa shape index (κ2) is 11.1. The monoisotopic (exact) mass is 416 g/mol. The van der Waals surface area contributed by atoms with Gasteiger partial charge in [0.15, 0.2) is 5.96 Å².